The zero-order valence-corrected chi connectivity index (χ0v) is 15.3. The van der Waals surface area contributed by atoms with E-state index in [0.717, 1.165) is 10.9 Å². The minimum Gasteiger partial charge on any atom is -0.394 e. The Morgan fingerprint density at radius 2 is 1.89 bits per heavy atom. The summed E-state index contributed by atoms with van der Waals surface area (Å²) in [6, 6.07) is 0. The van der Waals surface area contributed by atoms with Crippen LogP contribution in [0.15, 0.2) is 11.1 Å². The van der Waals surface area contributed by atoms with Gasteiger partial charge >= 0.3 is 5.69 Å². The number of ether oxygens (including phenoxy) is 1. The molecule has 4 atom stereocenters. The Morgan fingerprint density at radius 1 is 1.22 bits per heavy atom. The summed E-state index contributed by atoms with van der Waals surface area (Å²) >= 11 is 9.51. The minimum absolute atomic E-state index is 0.196. The highest BCUT2D eigenvalue weighted by molar-refractivity contribution is 7.72. The van der Waals surface area contributed by atoms with Gasteiger partial charge in [0.15, 0.2) is 11.0 Å². The molecule has 11 N–H and O–H groups in total. The number of nitrogen functional groups attached to an aromatic ring is 3. The molecule has 0 amide bonds. The second-order valence-corrected chi connectivity index (χ2v) is 6.19. The monoisotopic (exact) mass is 418 g/mol. The van der Waals surface area contributed by atoms with Crippen LogP contribution in [0.1, 0.15) is 6.23 Å². The Morgan fingerprint density at radius 3 is 2.41 bits per heavy atom. The van der Waals surface area contributed by atoms with Crippen molar-refractivity contribution in [2.24, 2.45) is 0 Å². The second-order valence-electron chi connectivity index (χ2n) is 5.37. The largest absolute Gasteiger partial charge is 0.394 e. The number of H-pyrrole nitrogens is 2. The first-order valence-corrected chi connectivity index (χ1v) is 8.18. The molecule has 13 nitrogen and oxygen atoms in total. The summed E-state index contributed by atoms with van der Waals surface area (Å²) in [6.07, 6.45) is -3.67. The molecule has 2 aromatic heterocycles. The molecule has 2 aromatic rings. The van der Waals surface area contributed by atoms with Crippen molar-refractivity contribution in [2.45, 2.75) is 24.5 Å². The lowest BCUT2D eigenvalue weighted by Crippen LogP contribution is -2.36. The van der Waals surface area contributed by atoms with E-state index < -0.39 is 36.8 Å². The van der Waals surface area contributed by atoms with E-state index >= 15 is 0 Å². The van der Waals surface area contributed by atoms with Crippen molar-refractivity contribution in [3.8, 4) is 0 Å². The molecule has 1 aliphatic heterocycles. The van der Waals surface area contributed by atoms with E-state index in [-0.39, 0.29) is 5.95 Å². The van der Waals surface area contributed by atoms with Crippen LogP contribution in [0.2, 0.25) is 0 Å². The van der Waals surface area contributed by atoms with Gasteiger partial charge in [0.05, 0.1) is 6.61 Å². The maximum atomic E-state index is 11.5. The molecule has 0 unspecified atom stereocenters. The topological polar surface area (TPSA) is 227 Å². The number of nitrogens with one attached hydrogen (secondary N) is 2. The van der Waals surface area contributed by atoms with Gasteiger partial charge < -0.3 is 47.2 Å². The number of nitrogens with zero attached hydrogens (tertiary/aromatic N) is 3. The van der Waals surface area contributed by atoms with Crippen molar-refractivity contribution >= 4 is 41.9 Å². The molecular weight excluding hydrogens is 400 g/mol. The van der Waals surface area contributed by atoms with E-state index in [0.29, 0.717) is 20.9 Å². The van der Waals surface area contributed by atoms with Crippen LogP contribution in [0.5, 0.6) is 0 Å². The first-order valence-electron chi connectivity index (χ1n) is 7.36. The summed E-state index contributed by atoms with van der Waals surface area (Å²) in [5.74, 6) is 0.117. The number of hydrogen-bond donors (Lipinski definition) is 8. The fourth-order valence-corrected chi connectivity index (χ4v) is 2.64. The highest BCUT2D eigenvalue weighted by Gasteiger charge is 2.43. The van der Waals surface area contributed by atoms with Gasteiger partial charge in [-0.2, -0.15) is 4.98 Å². The molecule has 0 saturated carbocycles. The fourth-order valence-electron chi connectivity index (χ4n) is 2.15. The molecule has 0 aromatic carbocycles. The van der Waals surface area contributed by atoms with Crippen LogP contribution in [0.25, 0.3) is 0 Å². The van der Waals surface area contributed by atoms with Gasteiger partial charge in [-0.25, -0.2) is 9.78 Å². The number of aromatic nitrogens is 5. The number of nitrogens with two attached hydrogens (primary N) is 3. The quantitative estimate of drug-likeness (QED) is 0.243. The Labute approximate surface area is 161 Å². The lowest BCUT2D eigenvalue weighted by molar-refractivity contribution is -0.0554. The average molecular weight is 418 g/mol. The number of anilines is 3. The van der Waals surface area contributed by atoms with Crippen LogP contribution in [0, 0.1) is 9.41 Å². The molecule has 0 aliphatic carbocycles. The van der Waals surface area contributed by atoms with E-state index in [2.05, 4.69) is 19.9 Å². The van der Waals surface area contributed by atoms with Gasteiger partial charge in [-0.3, -0.25) is 4.57 Å². The first-order chi connectivity index (χ1) is 12.6. The van der Waals surface area contributed by atoms with Crippen molar-refractivity contribution in [3.05, 3.63) is 26.2 Å². The van der Waals surface area contributed by atoms with Crippen LogP contribution >= 0.6 is 24.4 Å². The number of aliphatic hydroxyl groups excluding tert-OH is 3. The van der Waals surface area contributed by atoms with Gasteiger partial charge in [0.1, 0.15) is 40.8 Å². The number of aromatic amines is 2. The fraction of sp³-hybridized carbons (Fsp3) is 0.417. The number of hydrogen-bond acceptors (Lipinski definition) is 12. The lowest BCUT2D eigenvalue weighted by Gasteiger charge is -2.16. The number of rotatable bonds is 2. The van der Waals surface area contributed by atoms with E-state index in [9.17, 15) is 15.0 Å². The maximum absolute atomic E-state index is 11.5. The minimum atomic E-state index is -1.35. The first kappa shape index (κ1) is 20.9. The predicted octanol–water partition coefficient (Wildman–Crippen LogP) is -2.20. The summed E-state index contributed by atoms with van der Waals surface area (Å²) < 4.78 is 6.80. The van der Waals surface area contributed by atoms with Crippen molar-refractivity contribution in [1.82, 2.24) is 24.5 Å². The summed E-state index contributed by atoms with van der Waals surface area (Å²) in [5.41, 5.74) is 15.6. The van der Waals surface area contributed by atoms with Crippen LogP contribution in [-0.4, -0.2) is 64.7 Å². The molecule has 0 radical (unpaired) electrons. The maximum Gasteiger partial charge on any atom is 0.354 e. The summed E-state index contributed by atoms with van der Waals surface area (Å²) in [5, 5.41) is 28.1. The van der Waals surface area contributed by atoms with Gasteiger partial charge in [0.25, 0.3) is 0 Å². The third-order valence-corrected chi connectivity index (χ3v) is 4.07. The Bertz CT molecular complexity index is 975. The third-order valence-electron chi connectivity index (χ3n) is 3.55. The van der Waals surface area contributed by atoms with E-state index in [4.69, 9.17) is 51.5 Å². The molecular formula is C12H18N8O5S2. The molecule has 27 heavy (non-hydrogen) atoms. The summed E-state index contributed by atoms with van der Waals surface area (Å²) in [7, 11) is 0. The van der Waals surface area contributed by atoms with Gasteiger partial charge in [0.2, 0.25) is 5.95 Å². The zero-order valence-electron chi connectivity index (χ0n) is 13.6. The van der Waals surface area contributed by atoms with Gasteiger partial charge in [0, 0.05) is 0 Å². The number of aliphatic hydroxyl groups is 3. The second kappa shape index (κ2) is 8.51. The lowest BCUT2D eigenvalue weighted by atomic mass is 10.1. The molecule has 0 spiro atoms. The van der Waals surface area contributed by atoms with Crippen molar-refractivity contribution in [1.29, 1.82) is 0 Å². The Hall–Kier alpha value is -2.43. The standard InChI is InChI=1S/C8H12N4O5.C4H6N4S2/c9-7-10-2-12(8(16)11-7)6-5(15)4(14)3(1-13)17-6;5-1-2(6)7-4(10)8-3(1)9/h2-6,13-15H,1H2,(H2,9,11,16);5H2,(H4,6,7,8,9,10)/t3-,4-,5-,6-;/m1./s1. The SMILES string of the molecule is Nc1[nH]c(=S)[nH]c(=S)c1N.Nc1ncn([C@@H]2O[C@H](CO)[C@@H](O)[C@H]2O)c(=O)n1. The van der Waals surface area contributed by atoms with Crippen LogP contribution in [0.4, 0.5) is 17.5 Å². The normalized spacial score (nSPS) is 24.3. The molecule has 0 bridgehead atoms. The smallest absolute Gasteiger partial charge is 0.354 e. The average Bonchev–Trinajstić information content (AvgIpc) is 2.88. The molecule has 3 rings (SSSR count). The third kappa shape index (κ3) is 4.65. The van der Waals surface area contributed by atoms with Crippen LogP contribution in [0.3, 0.4) is 0 Å². The van der Waals surface area contributed by atoms with Crippen LogP contribution in [-0.2, 0) is 4.74 Å². The molecule has 1 aliphatic rings. The highest BCUT2D eigenvalue weighted by Crippen LogP contribution is 2.27. The Balaban J connectivity index is 0.000000223. The molecule has 148 valence electrons. The summed E-state index contributed by atoms with van der Waals surface area (Å²) in [4.78, 5) is 23.7. The molecule has 3 heterocycles. The van der Waals surface area contributed by atoms with Crippen molar-refractivity contribution in [3.63, 3.8) is 0 Å². The van der Waals surface area contributed by atoms with E-state index in [1.165, 1.54) is 0 Å². The molecule has 1 fully saturated rings. The predicted molar refractivity (Wildman–Crippen MR) is 99.3 cm³/mol. The van der Waals surface area contributed by atoms with Gasteiger partial charge in [-0.15, -0.1) is 0 Å². The van der Waals surface area contributed by atoms with Crippen molar-refractivity contribution < 1.29 is 20.1 Å². The van der Waals surface area contributed by atoms with Gasteiger partial charge in [-0.1, -0.05) is 12.2 Å². The van der Waals surface area contributed by atoms with E-state index in [1.54, 1.807) is 0 Å². The van der Waals surface area contributed by atoms with Crippen molar-refractivity contribution in [2.75, 3.05) is 23.8 Å². The molecule has 15 heteroatoms. The van der Waals surface area contributed by atoms with Crippen LogP contribution < -0.4 is 22.9 Å². The zero-order chi connectivity index (χ0) is 20.3. The summed E-state index contributed by atoms with van der Waals surface area (Å²) in [6.45, 7) is -0.473. The highest BCUT2D eigenvalue weighted by atomic mass is 32.1. The van der Waals surface area contributed by atoms with Gasteiger partial charge in [-0.05, 0) is 12.2 Å². The van der Waals surface area contributed by atoms with E-state index in [1.807, 2.05) is 0 Å². The Kier molecular flexibility index (Phi) is 6.58. The molecule has 1 saturated heterocycles.